The zero-order valence-electron chi connectivity index (χ0n) is 9.67. The molecule has 0 spiro atoms. The fraction of sp³-hybridized carbons (Fsp3) is 0. The molecule has 1 aromatic carbocycles. The van der Waals surface area contributed by atoms with Gasteiger partial charge in [0.05, 0.1) is 5.69 Å². The Bertz CT molecular complexity index is 691. The summed E-state index contributed by atoms with van der Waals surface area (Å²) in [4.78, 5) is 3.84. The second-order valence-corrected chi connectivity index (χ2v) is 6.13. The van der Waals surface area contributed by atoms with Crippen LogP contribution in [0.2, 0.25) is 0 Å². The van der Waals surface area contributed by atoms with E-state index in [0.717, 1.165) is 4.47 Å². The minimum Gasteiger partial charge on any atom is -0.321 e. The first-order chi connectivity index (χ1) is 9.03. The van der Waals surface area contributed by atoms with E-state index in [-0.39, 0.29) is 10.7 Å². The molecule has 0 aliphatic heterocycles. The highest BCUT2D eigenvalue weighted by Crippen LogP contribution is 2.22. The van der Waals surface area contributed by atoms with Gasteiger partial charge in [-0.3, -0.25) is 10.6 Å². The second-order valence-electron chi connectivity index (χ2n) is 3.62. The number of anilines is 2. The highest BCUT2D eigenvalue weighted by atomic mass is 79.9. The summed E-state index contributed by atoms with van der Waals surface area (Å²) < 4.78 is 27.6. The van der Waals surface area contributed by atoms with Crippen LogP contribution < -0.4 is 16.0 Å². The molecule has 6 nitrogen and oxygen atoms in total. The Morgan fingerprint density at radius 2 is 2.00 bits per heavy atom. The van der Waals surface area contributed by atoms with E-state index < -0.39 is 10.0 Å². The first kappa shape index (κ1) is 13.8. The number of nitrogen functional groups attached to an aromatic ring is 1. The summed E-state index contributed by atoms with van der Waals surface area (Å²) in [5.74, 6) is 5.28. The molecule has 0 amide bonds. The molecule has 100 valence electrons. The predicted molar refractivity (Wildman–Crippen MR) is 77.0 cm³/mol. The van der Waals surface area contributed by atoms with Crippen molar-refractivity contribution in [3.8, 4) is 0 Å². The number of hydrazine groups is 1. The molecule has 0 bridgehead atoms. The summed E-state index contributed by atoms with van der Waals surface area (Å²) in [5, 5.41) is -0.155. The Kier molecular flexibility index (Phi) is 4.03. The van der Waals surface area contributed by atoms with Crippen molar-refractivity contribution in [3.63, 3.8) is 0 Å². The molecule has 0 fully saturated rings. The standard InChI is InChI=1S/C11H11BrN4O2S/c12-8-3-1-4-9(7-8)16-19(17,18)11-10(15-13)5-2-6-14-11/h1-7,15-16H,13H2. The Morgan fingerprint density at radius 3 is 2.68 bits per heavy atom. The summed E-state index contributed by atoms with van der Waals surface area (Å²) >= 11 is 3.27. The number of sulfonamides is 1. The minimum absolute atomic E-state index is 0.155. The normalized spacial score (nSPS) is 11.1. The number of rotatable bonds is 4. The summed E-state index contributed by atoms with van der Waals surface area (Å²) in [6, 6.07) is 9.93. The Balaban J connectivity index is 2.38. The SMILES string of the molecule is NNc1cccnc1S(=O)(=O)Nc1cccc(Br)c1. The number of nitrogens with one attached hydrogen (secondary N) is 2. The summed E-state index contributed by atoms with van der Waals surface area (Å²) in [5.41, 5.74) is 2.97. The van der Waals surface area contributed by atoms with E-state index in [4.69, 9.17) is 5.84 Å². The Labute approximate surface area is 119 Å². The largest absolute Gasteiger partial charge is 0.321 e. The number of nitrogens with two attached hydrogens (primary N) is 1. The highest BCUT2D eigenvalue weighted by molar-refractivity contribution is 9.10. The predicted octanol–water partition coefficient (Wildman–Crippen LogP) is 1.93. The molecule has 19 heavy (non-hydrogen) atoms. The fourth-order valence-corrected chi connectivity index (χ4v) is 3.02. The summed E-state index contributed by atoms with van der Waals surface area (Å²) in [6.07, 6.45) is 1.39. The molecule has 2 rings (SSSR count). The first-order valence-corrected chi connectivity index (χ1v) is 7.50. The van der Waals surface area contributed by atoms with Gasteiger partial charge in [-0.1, -0.05) is 22.0 Å². The van der Waals surface area contributed by atoms with Gasteiger partial charge in [0.2, 0.25) is 5.03 Å². The van der Waals surface area contributed by atoms with Crippen LogP contribution in [0.3, 0.4) is 0 Å². The van der Waals surface area contributed by atoms with Crippen molar-refractivity contribution in [2.75, 3.05) is 10.1 Å². The number of pyridine rings is 1. The molecule has 1 aromatic heterocycles. The van der Waals surface area contributed by atoms with Crippen LogP contribution in [0.4, 0.5) is 11.4 Å². The third-order valence-corrected chi connectivity index (χ3v) is 4.09. The van der Waals surface area contributed by atoms with E-state index in [1.54, 1.807) is 30.3 Å². The van der Waals surface area contributed by atoms with E-state index >= 15 is 0 Å². The van der Waals surface area contributed by atoms with E-state index in [2.05, 4.69) is 31.1 Å². The molecule has 1 heterocycles. The second kappa shape index (κ2) is 5.55. The fourth-order valence-electron chi connectivity index (χ4n) is 1.47. The van der Waals surface area contributed by atoms with Gasteiger partial charge in [0, 0.05) is 16.4 Å². The average Bonchev–Trinajstić information content (AvgIpc) is 2.38. The molecule has 0 radical (unpaired) electrons. The van der Waals surface area contributed by atoms with Crippen molar-refractivity contribution >= 4 is 37.3 Å². The lowest BCUT2D eigenvalue weighted by atomic mass is 10.3. The number of hydrogen-bond acceptors (Lipinski definition) is 5. The lowest BCUT2D eigenvalue weighted by molar-refractivity contribution is 0.598. The Morgan fingerprint density at radius 1 is 1.21 bits per heavy atom. The Hall–Kier alpha value is -1.64. The van der Waals surface area contributed by atoms with Gasteiger partial charge in [-0.25, -0.2) is 4.98 Å². The van der Waals surface area contributed by atoms with Crippen LogP contribution in [0.1, 0.15) is 0 Å². The number of nitrogens with zero attached hydrogens (tertiary/aromatic N) is 1. The minimum atomic E-state index is -3.80. The van der Waals surface area contributed by atoms with Crippen LogP contribution in [0.15, 0.2) is 52.1 Å². The van der Waals surface area contributed by atoms with Crippen LogP contribution in [-0.4, -0.2) is 13.4 Å². The van der Waals surface area contributed by atoms with Crippen molar-refractivity contribution < 1.29 is 8.42 Å². The quantitative estimate of drug-likeness (QED) is 0.582. The molecule has 0 saturated carbocycles. The monoisotopic (exact) mass is 342 g/mol. The zero-order chi connectivity index (χ0) is 13.9. The maximum absolute atomic E-state index is 12.2. The molecular weight excluding hydrogens is 332 g/mol. The summed E-state index contributed by atoms with van der Waals surface area (Å²) in [7, 11) is -3.80. The molecule has 0 atom stereocenters. The van der Waals surface area contributed by atoms with Crippen LogP contribution in [-0.2, 0) is 10.0 Å². The summed E-state index contributed by atoms with van der Waals surface area (Å²) in [6.45, 7) is 0. The third-order valence-electron chi connectivity index (χ3n) is 2.26. The van der Waals surface area contributed by atoms with Crippen LogP contribution in [0.5, 0.6) is 0 Å². The third kappa shape index (κ3) is 3.22. The van der Waals surface area contributed by atoms with Crippen LogP contribution >= 0.6 is 15.9 Å². The van der Waals surface area contributed by atoms with Crippen LogP contribution in [0, 0.1) is 0 Å². The van der Waals surface area contributed by atoms with E-state index in [1.165, 1.54) is 12.3 Å². The number of benzene rings is 1. The highest BCUT2D eigenvalue weighted by Gasteiger charge is 2.19. The van der Waals surface area contributed by atoms with Crippen molar-refractivity contribution in [2.45, 2.75) is 5.03 Å². The van der Waals surface area contributed by atoms with Crippen molar-refractivity contribution in [1.29, 1.82) is 0 Å². The lowest BCUT2D eigenvalue weighted by Gasteiger charge is -2.10. The van der Waals surface area contributed by atoms with Crippen molar-refractivity contribution in [1.82, 2.24) is 4.98 Å². The maximum Gasteiger partial charge on any atom is 0.281 e. The first-order valence-electron chi connectivity index (χ1n) is 5.23. The zero-order valence-corrected chi connectivity index (χ0v) is 12.1. The van der Waals surface area contributed by atoms with Gasteiger partial charge in [-0.15, -0.1) is 0 Å². The number of hydrogen-bond donors (Lipinski definition) is 3. The van der Waals surface area contributed by atoms with Gasteiger partial charge in [0.15, 0.2) is 0 Å². The van der Waals surface area contributed by atoms with Crippen molar-refractivity contribution in [3.05, 3.63) is 47.1 Å². The van der Waals surface area contributed by atoms with Gasteiger partial charge in [-0.05, 0) is 30.3 Å². The van der Waals surface area contributed by atoms with Crippen molar-refractivity contribution in [2.24, 2.45) is 5.84 Å². The topological polar surface area (TPSA) is 97.1 Å². The molecule has 0 aliphatic rings. The molecule has 8 heteroatoms. The lowest BCUT2D eigenvalue weighted by Crippen LogP contribution is -2.18. The van der Waals surface area contributed by atoms with Gasteiger partial charge < -0.3 is 5.43 Å². The molecule has 0 saturated heterocycles. The van der Waals surface area contributed by atoms with Gasteiger partial charge >= 0.3 is 0 Å². The molecule has 2 aromatic rings. The molecular formula is C11H11BrN4O2S. The van der Waals surface area contributed by atoms with Gasteiger partial charge in [-0.2, -0.15) is 8.42 Å². The van der Waals surface area contributed by atoms with E-state index in [9.17, 15) is 8.42 Å². The van der Waals surface area contributed by atoms with Crippen LogP contribution in [0.25, 0.3) is 0 Å². The number of aromatic nitrogens is 1. The maximum atomic E-state index is 12.2. The molecule has 0 unspecified atom stereocenters. The van der Waals surface area contributed by atoms with Gasteiger partial charge in [0.1, 0.15) is 0 Å². The smallest absolute Gasteiger partial charge is 0.281 e. The number of halogens is 1. The van der Waals surface area contributed by atoms with Gasteiger partial charge in [0.25, 0.3) is 10.0 Å². The van der Waals surface area contributed by atoms with E-state index in [1.807, 2.05) is 0 Å². The molecule has 0 aliphatic carbocycles. The van der Waals surface area contributed by atoms with E-state index in [0.29, 0.717) is 5.69 Å². The molecule has 4 N–H and O–H groups in total. The average molecular weight is 343 g/mol.